The highest BCUT2D eigenvalue weighted by molar-refractivity contribution is 7.92. The molecule has 10 nitrogen and oxygen atoms in total. The normalized spacial score (nSPS) is 17.3. The Morgan fingerprint density at radius 2 is 1.12 bits per heavy atom. The van der Waals surface area contributed by atoms with Gasteiger partial charge in [0.2, 0.25) is 9.84 Å². The topological polar surface area (TPSA) is 179 Å². The van der Waals surface area contributed by atoms with Crippen LogP contribution in [0.5, 0.6) is 0 Å². The van der Waals surface area contributed by atoms with Gasteiger partial charge in [0.1, 0.15) is 24.4 Å². The zero-order chi connectivity index (χ0) is 24.3. The molecule has 5 atom stereocenters. The van der Waals surface area contributed by atoms with Crippen molar-refractivity contribution in [3.63, 3.8) is 0 Å². The first-order valence-electron chi connectivity index (χ1n) is 9.44. The Morgan fingerprint density at radius 1 is 0.688 bits per heavy atom. The molecule has 5 N–H and O–H groups in total. The van der Waals surface area contributed by atoms with Crippen LogP contribution in [0.3, 0.4) is 0 Å². The third-order valence-corrected chi connectivity index (χ3v) is 7.90. The monoisotopic (exact) mass is 490 g/mol. The minimum Gasteiger partial charge on any atom is -0.388 e. The third kappa shape index (κ3) is 6.11. The van der Waals surface area contributed by atoms with E-state index in [4.69, 9.17) is 0 Å². The number of rotatable bonds is 10. The second-order valence-corrected chi connectivity index (χ2v) is 11.0. The molecule has 0 saturated carbocycles. The van der Waals surface area contributed by atoms with Crippen molar-refractivity contribution in [3.8, 4) is 0 Å². The van der Waals surface area contributed by atoms with Crippen molar-refractivity contribution >= 4 is 20.0 Å². The van der Waals surface area contributed by atoms with Crippen LogP contribution in [0.1, 0.15) is 11.1 Å². The van der Waals surface area contributed by atoms with Crippen LogP contribution in [0.15, 0.2) is 58.3 Å². The van der Waals surface area contributed by atoms with Gasteiger partial charge in [-0.3, -0.25) is 4.18 Å². The lowest BCUT2D eigenvalue weighted by atomic mass is 10.0. The lowest BCUT2D eigenvalue weighted by Gasteiger charge is -2.28. The highest BCUT2D eigenvalue weighted by atomic mass is 32.2. The molecule has 12 heteroatoms. The van der Waals surface area contributed by atoms with Crippen molar-refractivity contribution in [2.24, 2.45) is 0 Å². The maximum Gasteiger partial charge on any atom is 0.297 e. The fraction of sp³-hybridized carbons (Fsp3) is 0.400. The third-order valence-electron chi connectivity index (χ3n) is 4.76. The van der Waals surface area contributed by atoms with Crippen LogP contribution in [0.2, 0.25) is 0 Å². The van der Waals surface area contributed by atoms with Crippen molar-refractivity contribution in [3.05, 3.63) is 59.7 Å². The largest absolute Gasteiger partial charge is 0.388 e. The van der Waals surface area contributed by atoms with Crippen molar-refractivity contribution in [2.75, 3.05) is 6.61 Å². The lowest BCUT2D eigenvalue weighted by Crippen LogP contribution is -2.52. The summed E-state index contributed by atoms with van der Waals surface area (Å²) in [6, 6.07) is 10.9. The molecule has 2 aromatic rings. The summed E-state index contributed by atoms with van der Waals surface area (Å²) in [7, 11) is -8.80. The van der Waals surface area contributed by atoms with E-state index in [1.54, 1.807) is 13.8 Å². The zero-order valence-electron chi connectivity index (χ0n) is 17.3. The molecule has 178 valence electrons. The summed E-state index contributed by atoms with van der Waals surface area (Å²) >= 11 is 0. The summed E-state index contributed by atoms with van der Waals surface area (Å²) in [6.45, 7) is 2.46. The first-order valence-corrected chi connectivity index (χ1v) is 12.4. The molecule has 0 aliphatic heterocycles. The van der Waals surface area contributed by atoms with E-state index in [1.165, 1.54) is 48.5 Å². The Labute approximate surface area is 186 Å². The van der Waals surface area contributed by atoms with Crippen molar-refractivity contribution < 1.29 is 46.6 Å². The fourth-order valence-corrected chi connectivity index (χ4v) is 4.93. The highest BCUT2D eigenvalue weighted by Crippen LogP contribution is 2.21. The molecule has 0 saturated heterocycles. The minimum atomic E-state index is -4.51. The summed E-state index contributed by atoms with van der Waals surface area (Å²) in [6.07, 6.45) is -9.03. The Morgan fingerprint density at radius 3 is 1.59 bits per heavy atom. The second kappa shape index (κ2) is 10.4. The molecule has 1 unspecified atom stereocenters. The van der Waals surface area contributed by atoms with Crippen LogP contribution in [-0.2, 0) is 24.1 Å². The van der Waals surface area contributed by atoms with Crippen molar-refractivity contribution in [2.45, 2.75) is 53.5 Å². The number of aliphatic hydroxyl groups excluding tert-OH is 5. The molecule has 0 aliphatic rings. The maximum atomic E-state index is 12.5. The van der Waals surface area contributed by atoms with Crippen molar-refractivity contribution in [1.82, 2.24) is 0 Å². The number of sulfone groups is 1. The number of aliphatic hydroxyl groups is 5. The molecule has 0 spiro atoms. The summed E-state index contributed by atoms with van der Waals surface area (Å²) in [5.41, 5.74) is -0.979. The quantitative estimate of drug-likeness (QED) is 0.266. The second-order valence-electron chi connectivity index (χ2n) is 7.34. The maximum absolute atomic E-state index is 12.5. The predicted octanol–water partition coefficient (Wildman–Crippen LogP) is -0.755. The molecule has 0 amide bonds. The van der Waals surface area contributed by atoms with Gasteiger partial charge in [-0.25, -0.2) is 8.42 Å². The molecule has 2 aromatic carbocycles. The summed E-state index contributed by atoms with van der Waals surface area (Å²) in [4.78, 5) is -0.533. The Kier molecular flexibility index (Phi) is 8.53. The smallest absolute Gasteiger partial charge is 0.297 e. The minimum absolute atomic E-state index is 0.204. The van der Waals surface area contributed by atoms with Gasteiger partial charge >= 0.3 is 0 Å². The van der Waals surface area contributed by atoms with Crippen LogP contribution in [-0.4, -0.2) is 78.8 Å². The van der Waals surface area contributed by atoms with Gasteiger partial charge in [0.05, 0.1) is 16.4 Å². The van der Waals surface area contributed by atoms with Gasteiger partial charge in [-0.05, 0) is 38.1 Å². The number of benzene rings is 2. The molecule has 0 radical (unpaired) electrons. The number of hydrogen-bond donors (Lipinski definition) is 5. The molecular weight excluding hydrogens is 464 g/mol. The molecule has 0 fully saturated rings. The average molecular weight is 491 g/mol. The van der Waals surface area contributed by atoms with Gasteiger partial charge in [0.25, 0.3) is 10.1 Å². The van der Waals surface area contributed by atoms with E-state index in [-0.39, 0.29) is 9.79 Å². The van der Waals surface area contributed by atoms with E-state index in [0.717, 1.165) is 11.1 Å². The average Bonchev–Trinajstić information content (AvgIpc) is 2.76. The van der Waals surface area contributed by atoms with Gasteiger partial charge in [-0.1, -0.05) is 35.4 Å². The van der Waals surface area contributed by atoms with E-state index in [1.807, 2.05) is 0 Å². The van der Waals surface area contributed by atoms with Crippen LogP contribution in [0.4, 0.5) is 0 Å². The molecule has 0 aliphatic carbocycles. The van der Waals surface area contributed by atoms with E-state index in [9.17, 15) is 42.4 Å². The molecule has 0 aromatic heterocycles. The number of hydrogen-bond acceptors (Lipinski definition) is 10. The van der Waals surface area contributed by atoms with Crippen LogP contribution < -0.4 is 0 Å². The molecular formula is C20H26O10S2. The summed E-state index contributed by atoms with van der Waals surface area (Å²) in [5.74, 6) is 0. The van der Waals surface area contributed by atoms with E-state index in [2.05, 4.69) is 4.18 Å². The van der Waals surface area contributed by atoms with Crippen LogP contribution in [0.25, 0.3) is 0 Å². The van der Waals surface area contributed by atoms with Crippen LogP contribution in [0, 0.1) is 13.8 Å². The lowest BCUT2D eigenvalue weighted by molar-refractivity contribution is -0.126. The molecule has 32 heavy (non-hydrogen) atoms. The highest BCUT2D eigenvalue weighted by Gasteiger charge is 2.41. The molecule has 2 rings (SSSR count). The molecule has 0 bridgehead atoms. The SMILES string of the molecule is Cc1ccc(S(=O)(=O)OC[C@@H](O)[C@@H](O)[C@H](O)[C@H](O)C(O)S(=O)(=O)c2ccc(C)cc2)cc1. The number of aryl methyl sites for hydroxylation is 2. The summed E-state index contributed by atoms with van der Waals surface area (Å²) < 4.78 is 53.9. The first-order chi connectivity index (χ1) is 14.8. The van der Waals surface area contributed by atoms with Gasteiger partial charge in [-0.2, -0.15) is 8.42 Å². The van der Waals surface area contributed by atoms with Gasteiger partial charge < -0.3 is 25.5 Å². The van der Waals surface area contributed by atoms with Gasteiger partial charge in [0.15, 0.2) is 5.44 Å². The van der Waals surface area contributed by atoms with Gasteiger partial charge in [-0.15, -0.1) is 0 Å². The Bertz CT molecular complexity index is 1100. The Hall–Kier alpha value is -1.90. The van der Waals surface area contributed by atoms with E-state index >= 15 is 0 Å². The zero-order valence-corrected chi connectivity index (χ0v) is 18.9. The van der Waals surface area contributed by atoms with Crippen LogP contribution >= 0.6 is 0 Å². The first kappa shape index (κ1) is 26.4. The molecule has 0 heterocycles. The van der Waals surface area contributed by atoms with E-state index in [0.29, 0.717) is 0 Å². The predicted molar refractivity (Wildman–Crippen MR) is 113 cm³/mol. The summed E-state index contributed by atoms with van der Waals surface area (Å²) in [5, 5.41) is 50.3. The Balaban J connectivity index is 2.05. The van der Waals surface area contributed by atoms with Crippen molar-refractivity contribution in [1.29, 1.82) is 0 Å². The van der Waals surface area contributed by atoms with Gasteiger partial charge in [0, 0.05) is 0 Å². The standard InChI is InChI=1S/C20H26O10S2/c1-12-3-7-14(8-4-12)31(26,27)20(25)19(24)18(23)17(22)16(21)11-30-32(28,29)15-9-5-13(2)6-10-15/h3-10,16-25H,11H2,1-2H3/t16-,17-,18+,19+,20?/m1/s1. The van der Waals surface area contributed by atoms with E-state index < -0.39 is 56.4 Å². The fourth-order valence-electron chi connectivity index (χ4n) is 2.68.